The number of aliphatic hydroxyl groups excluding tert-OH is 1. The van der Waals surface area contributed by atoms with Crippen molar-refractivity contribution in [3.63, 3.8) is 0 Å². The number of amides is 1. The van der Waals surface area contributed by atoms with Crippen LogP contribution in [0.4, 0.5) is 0 Å². The molecule has 5 heteroatoms. The molecule has 2 unspecified atom stereocenters. The van der Waals surface area contributed by atoms with Crippen LogP contribution in [0.25, 0.3) is 10.2 Å². The average molecular weight is 292 g/mol. The van der Waals surface area contributed by atoms with Crippen LogP contribution in [0.1, 0.15) is 31.7 Å². The van der Waals surface area contributed by atoms with Crippen molar-refractivity contribution in [1.82, 2.24) is 10.3 Å². The van der Waals surface area contributed by atoms with Gasteiger partial charge in [-0.25, -0.2) is 4.98 Å². The first-order valence-electron chi connectivity index (χ1n) is 6.86. The van der Waals surface area contributed by atoms with Gasteiger partial charge in [0.15, 0.2) is 0 Å². The summed E-state index contributed by atoms with van der Waals surface area (Å²) in [5.74, 6) is 0.0115. The molecule has 0 radical (unpaired) electrons. The van der Waals surface area contributed by atoms with Crippen molar-refractivity contribution in [1.29, 1.82) is 0 Å². The number of aryl methyl sites for hydroxylation is 1. The molecule has 2 rings (SSSR count). The first-order valence-corrected chi connectivity index (χ1v) is 7.68. The number of aromatic nitrogens is 1. The van der Waals surface area contributed by atoms with Gasteiger partial charge in [-0.05, 0) is 32.4 Å². The minimum absolute atomic E-state index is 0.00197. The third-order valence-electron chi connectivity index (χ3n) is 3.01. The fourth-order valence-electron chi connectivity index (χ4n) is 2.16. The molecule has 0 aliphatic carbocycles. The number of aliphatic hydroxyl groups is 1. The van der Waals surface area contributed by atoms with Crippen LogP contribution in [-0.4, -0.2) is 28.1 Å². The number of carbonyl (C=O) groups is 1. The number of fused-ring (bicyclic) bond motifs is 1. The maximum Gasteiger partial charge on any atom is 0.220 e. The molecule has 0 saturated heterocycles. The lowest BCUT2D eigenvalue weighted by atomic mass is 10.1. The lowest BCUT2D eigenvalue weighted by molar-refractivity contribution is -0.121. The van der Waals surface area contributed by atoms with Crippen LogP contribution in [-0.2, 0) is 11.2 Å². The Kier molecular flexibility index (Phi) is 5.09. The van der Waals surface area contributed by atoms with E-state index in [-0.39, 0.29) is 11.9 Å². The Morgan fingerprint density at radius 3 is 2.85 bits per heavy atom. The molecule has 20 heavy (non-hydrogen) atoms. The predicted octanol–water partition coefficient (Wildman–Crippen LogP) is 2.50. The molecule has 108 valence electrons. The second kappa shape index (κ2) is 6.81. The summed E-state index contributed by atoms with van der Waals surface area (Å²) in [5.41, 5.74) is 0.996. The summed E-state index contributed by atoms with van der Waals surface area (Å²) >= 11 is 1.64. The van der Waals surface area contributed by atoms with Gasteiger partial charge in [0.25, 0.3) is 0 Å². The number of para-hydroxylation sites is 1. The fourth-order valence-corrected chi connectivity index (χ4v) is 3.13. The molecule has 0 saturated carbocycles. The molecular formula is C15H20N2O2S. The van der Waals surface area contributed by atoms with E-state index in [1.165, 1.54) is 0 Å². The number of carbonyl (C=O) groups excluding carboxylic acids is 1. The largest absolute Gasteiger partial charge is 0.393 e. The molecule has 0 bridgehead atoms. The first kappa shape index (κ1) is 14.9. The molecule has 2 aromatic rings. The zero-order chi connectivity index (χ0) is 14.5. The van der Waals surface area contributed by atoms with Crippen LogP contribution >= 0.6 is 11.3 Å². The number of nitrogens with zero attached hydrogens (tertiary/aromatic N) is 1. The Balaban J connectivity index is 1.84. The summed E-state index contributed by atoms with van der Waals surface area (Å²) in [5, 5.41) is 13.1. The summed E-state index contributed by atoms with van der Waals surface area (Å²) in [6.45, 7) is 3.63. The van der Waals surface area contributed by atoms with Crippen LogP contribution < -0.4 is 5.32 Å². The maximum atomic E-state index is 11.8. The van der Waals surface area contributed by atoms with Crippen molar-refractivity contribution in [2.24, 2.45) is 0 Å². The van der Waals surface area contributed by atoms with Crippen LogP contribution in [0, 0.1) is 0 Å². The number of hydrogen-bond donors (Lipinski definition) is 2. The highest BCUT2D eigenvalue weighted by Gasteiger charge is 2.11. The van der Waals surface area contributed by atoms with E-state index in [9.17, 15) is 9.90 Å². The van der Waals surface area contributed by atoms with Gasteiger partial charge in [-0.15, -0.1) is 11.3 Å². The Labute approximate surface area is 122 Å². The van der Waals surface area contributed by atoms with E-state index in [0.29, 0.717) is 19.3 Å². The van der Waals surface area contributed by atoms with Crippen molar-refractivity contribution in [3.05, 3.63) is 29.3 Å². The number of nitrogens with one attached hydrogen (secondary N) is 1. The monoisotopic (exact) mass is 292 g/mol. The topological polar surface area (TPSA) is 62.2 Å². The normalized spacial score (nSPS) is 14.2. The Hall–Kier alpha value is -1.46. The van der Waals surface area contributed by atoms with Gasteiger partial charge in [0.1, 0.15) is 0 Å². The second-order valence-corrected chi connectivity index (χ2v) is 6.24. The summed E-state index contributed by atoms with van der Waals surface area (Å²) in [4.78, 5) is 16.3. The number of benzene rings is 1. The molecule has 0 fully saturated rings. The van der Waals surface area contributed by atoms with Crippen molar-refractivity contribution in [3.8, 4) is 0 Å². The molecule has 4 nitrogen and oxygen atoms in total. The third-order valence-corrected chi connectivity index (χ3v) is 4.10. The predicted molar refractivity (Wildman–Crippen MR) is 81.8 cm³/mol. The zero-order valence-corrected chi connectivity index (χ0v) is 12.6. The van der Waals surface area contributed by atoms with Gasteiger partial charge in [0.2, 0.25) is 5.91 Å². The lowest BCUT2D eigenvalue weighted by Gasteiger charge is -2.15. The molecule has 0 spiro atoms. The smallest absolute Gasteiger partial charge is 0.220 e. The Bertz CT molecular complexity index is 547. The van der Waals surface area contributed by atoms with E-state index in [1.54, 1.807) is 18.3 Å². The van der Waals surface area contributed by atoms with Crippen molar-refractivity contribution < 1.29 is 9.90 Å². The molecule has 0 aliphatic heterocycles. The highest BCUT2D eigenvalue weighted by molar-refractivity contribution is 7.18. The van der Waals surface area contributed by atoms with E-state index in [0.717, 1.165) is 15.2 Å². The maximum absolute atomic E-state index is 11.8. The van der Waals surface area contributed by atoms with Gasteiger partial charge in [0, 0.05) is 18.9 Å². The van der Waals surface area contributed by atoms with Gasteiger partial charge in [-0.1, -0.05) is 12.1 Å². The molecule has 1 aromatic carbocycles. The van der Waals surface area contributed by atoms with Crippen molar-refractivity contribution in [2.45, 2.75) is 45.3 Å². The van der Waals surface area contributed by atoms with Gasteiger partial charge in [-0.2, -0.15) is 0 Å². The van der Waals surface area contributed by atoms with E-state index >= 15 is 0 Å². The SMILES string of the molecule is CC(O)CC(C)NC(=O)CCc1nc2ccccc2s1. The van der Waals surface area contributed by atoms with Crippen LogP contribution in [0.15, 0.2) is 24.3 Å². The Morgan fingerprint density at radius 2 is 2.15 bits per heavy atom. The van der Waals surface area contributed by atoms with Gasteiger partial charge >= 0.3 is 0 Å². The molecule has 0 aliphatic rings. The van der Waals surface area contributed by atoms with Crippen LogP contribution in [0.2, 0.25) is 0 Å². The first-order chi connectivity index (χ1) is 9.54. The quantitative estimate of drug-likeness (QED) is 0.860. The van der Waals surface area contributed by atoms with Gasteiger partial charge < -0.3 is 10.4 Å². The average Bonchev–Trinajstić information content (AvgIpc) is 2.77. The number of rotatable bonds is 6. The van der Waals surface area contributed by atoms with Crippen LogP contribution in [0.3, 0.4) is 0 Å². The highest BCUT2D eigenvalue weighted by Crippen LogP contribution is 2.22. The minimum atomic E-state index is -0.394. The number of hydrogen-bond acceptors (Lipinski definition) is 4. The number of thiazole rings is 1. The van der Waals surface area contributed by atoms with E-state index in [4.69, 9.17) is 0 Å². The zero-order valence-electron chi connectivity index (χ0n) is 11.8. The second-order valence-electron chi connectivity index (χ2n) is 5.13. The van der Waals surface area contributed by atoms with E-state index < -0.39 is 6.10 Å². The Morgan fingerprint density at radius 1 is 1.40 bits per heavy atom. The van der Waals surface area contributed by atoms with Gasteiger partial charge in [-0.3, -0.25) is 4.79 Å². The lowest BCUT2D eigenvalue weighted by Crippen LogP contribution is -2.34. The van der Waals surface area contributed by atoms with Crippen molar-refractivity contribution >= 4 is 27.5 Å². The van der Waals surface area contributed by atoms with Gasteiger partial charge in [0.05, 0.1) is 21.3 Å². The summed E-state index contributed by atoms with van der Waals surface area (Å²) in [6.07, 6.45) is 1.28. The molecule has 1 aromatic heterocycles. The van der Waals surface area contributed by atoms with E-state index in [2.05, 4.69) is 10.3 Å². The summed E-state index contributed by atoms with van der Waals surface area (Å²) in [7, 11) is 0. The van der Waals surface area contributed by atoms with Crippen LogP contribution in [0.5, 0.6) is 0 Å². The van der Waals surface area contributed by atoms with E-state index in [1.807, 2.05) is 31.2 Å². The molecule has 1 amide bonds. The molecule has 2 N–H and O–H groups in total. The minimum Gasteiger partial charge on any atom is -0.393 e. The standard InChI is InChI=1S/C15H20N2O2S/c1-10(9-11(2)18)16-14(19)7-8-15-17-12-5-3-4-6-13(12)20-15/h3-6,10-11,18H,7-9H2,1-2H3,(H,16,19). The summed E-state index contributed by atoms with van der Waals surface area (Å²) in [6, 6.07) is 7.99. The van der Waals surface area contributed by atoms with Crippen molar-refractivity contribution in [2.75, 3.05) is 0 Å². The summed E-state index contributed by atoms with van der Waals surface area (Å²) < 4.78 is 1.16. The highest BCUT2D eigenvalue weighted by atomic mass is 32.1. The fraction of sp³-hybridized carbons (Fsp3) is 0.467. The molecule has 1 heterocycles. The molecule has 2 atom stereocenters. The molecular weight excluding hydrogens is 272 g/mol. The third kappa shape index (κ3) is 4.28.